The Bertz CT molecular complexity index is 373. The minimum Gasteiger partial charge on any atom is -0.376 e. The van der Waals surface area contributed by atoms with E-state index in [4.69, 9.17) is 10.5 Å². The molecule has 0 radical (unpaired) electrons. The summed E-state index contributed by atoms with van der Waals surface area (Å²) in [5, 5.41) is 1.65. The Morgan fingerprint density at radius 3 is 2.47 bits per heavy atom. The SMILES string of the molecule is NC1C2CCCOC2C1NC(=O)C(F)(F)C(F)(F)F. The van der Waals surface area contributed by atoms with Gasteiger partial charge in [-0.25, -0.2) is 0 Å². The zero-order valence-electron chi connectivity index (χ0n) is 9.71. The molecule has 1 aliphatic carbocycles. The van der Waals surface area contributed by atoms with Crippen molar-refractivity contribution in [2.24, 2.45) is 11.7 Å². The van der Waals surface area contributed by atoms with E-state index in [0.29, 0.717) is 13.0 Å². The normalized spacial score (nSPS) is 35.3. The topological polar surface area (TPSA) is 64.3 Å². The highest BCUT2D eigenvalue weighted by Gasteiger charge is 2.65. The molecule has 4 nitrogen and oxygen atoms in total. The van der Waals surface area contributed by atoms with Crippen molar-refractivity contribution in [3.05, 3.63) is 0 Å². The lowest BCUT2D eigenvalue weighted by Gasteiger charge is -2.52. The number of rotatable bonds is 2. The van der Waals surface area contributed by atoms with Crippen molar-refractivity contribution in [3.63, 3.8) is 0 Å². The lowest BCUT2D eigenvalue weighted by Crippen LogP contribution is -2.73. The Morgan fingerprint density at radius 1 is 1.26 bits per heavy atom. The molecule has 3 N–H and O–H groups in total. The number of nitrogens with one attached hydrogen (secondary N) is 1. The number of alkyl halides is 5. The van der Waals surface area contributed by atoms with Gasteiger partial charge in [-0.3, -0.25) is 4.79 Å². The Kier molecular flexibility index (Phi) is 3.46. The molecule has 4 atom stereocenters. The predicted octanol–water partition coefficient (Wildman–Crippen LogP) is 0.805. The molecule has 0 aromatic rings. The van der Waals surface area contributed by atoms with Crippen LogP contribution in [0.15, 0.2) is 0 Å². The van der Waals surface area contributed by atoms with Crippen molar-refractivity contribution >= 4 is 5.91 Å². The summed E-state index contributed by atoms with van der Waals surface area (Å²) in [5.74, 6) is -7.90. The molecule has 0 aromatic carbocycles. The average Bonchev–Trinajstić information content (AvgIpc) is 2.33. The Hall–Kier alpha value is -0.960. The van der Waals surface area contributed by atoms with Crippen LogP contribution in [0.25, 0.3) is 0 Å². The molecule has 0 spiro atoms. The second kappa shape index (κ2) is 4.55. The van der Waals surface area contributed by atoms with Gasteiger partial charge in [0.05, 0.1) is 12.1 Å². The monoisotopic (exact) mass is 288 g/mol. The van der Waals surface area contributed by atoms with Gasteiger partial charge in [0.15, 0.2) is 0 Å². The van der Waals surface area contributed by atoms with Crippen molar-refractivity contribution in [1.29, 1.82) is 0 Å². The summed E-state index contributed by atoms with van der Waals surface area (Å²) in [6.07, 6.45) is -5.02. The molecule has 2 fully saturated rings. The quantitative estimate of drug-likeness (QED) is 0.739. The summed E-state index contributed by atoms with van der Waals surface area (Å²) in [5.41, 5.74) is 5.66. The first kappa shape index (κ1) is 14.4. The van der Waals surface area contributed by atoms with Crippen molar-refractivity contribution < 1.29 is 31.5 Å². The molecule has 1 heterocycles. The van der Waals surface area contributed by atoms with Crippen molar-refractivity contribution in [2.45, 2.75) is 43.1 Å². The first-order valence-corrected chi connectivity index (χ1v) is 5.79. The van der Waals surface area contributed by atoms with E-state index in [0.717, 1.165) is 6.42 Å². The number of amides is 1. The van der Waals surface area contributed by atoms with Gasteiger partial charge in [-0.15, -0.1) is 0 Å². The summed E-state index contributed by atoms with van der Waals surface area (Å²) in [6, 6.07) is -1.65. The van der Waals surface area contributed by atoms with Gasteiger partial charge in [0.2, 0.25) is 0 Å². The van der Waals surface area contributed by atoms with Crippen LogP contribution in [-0.2, 0) is 9.53 Å². The smallest absolute Gasteiger partial charge is 0.376 e. The molecule has 0 aromatic heterocycles. The van der Waals surface area contributed by atoms with E-state index < -0.39 is 36.2 Å². The average molecular weight is 288 g/mol. The van der Waals surface area contributed by atoms with Crippen LogP contribution in [0.5, 0.6) is 0 Å². The highest BCUT2D eigenvalue weighted by atomic mass is 19.4. The zero-order valence-corrected chi connectivity index (χ0v) is 9.71. The molecule has 9 heteroatoms. The lowest BCUT2D eigenvalue weighted by atomic mass is 9.68. The molecular weight excluding hydrogens is 275 g/mol. The first-order valence-electron chi connectivity index (χ1n) is 5.79. The van der Waals surface area contributed by atoms with E-state index in [1.165, 1.54) is 0 Å². The Morgan fingerprint density at radius 2 is 1.89 bits per heavy atom. The van der Waals surface area contributed by atoms with Gasteiger partial charge in [0.1, 0.15) is 0 Å². The molecule has 1 saturated heterocycles. The fourth-order valence-electron chi connectivity index (χ4n) is 2.50. The molecule has 1 saturated carbocycles. The van der Waals surface area contributed by atoms with Gasteiger partial charge in [0.25, 0.3) is 0 Å². The second-order valence-corrected chi connectivity index (χ2v) is 4.79. The summed E-state index contributed by atoms with van der Waals surface area (Å²) in [4.78, 5) is 11.0. The van der Waals surface area contributed by atoms with Crippen molar-refractivity contribution in [3.8, 4) is 0 Å². The summed E-state index contributed by atoms with van der Waals surface area (Å²) >= 11 is 0. The summed E-state index contributed by atoms with van der Waals surface area (Å²) in [7, 11) is 0. The number of ether oxygens (including phenoxy) is 1. The van der Waals surface area contributed by atoms with Gasteiger partial charge in [-0.05, 0) is 12.8 Å². The van der Waals surface area contributed by atoms with Crippen LogP contribution in [0.4, 0.5) is 22.0 Å². The van der Waals surface area contributed by atoms with Crippen LogP contribution >= 0.6 is 0 Å². The van der Waals surface area contributed by atoms with Crippen molar-refractivity contribution in [2.75, 3.05) is 6.61 Å². The lowest BCUT2D eigenvalue weighted by molar-refractivity contribution is -0.271. The molecule has 2 aliphatic rings. The maximum atomic E-state index is 12.8. The molecule has 2 rings (SSSR count). The Balaban J connectivity index is 2.00. The van der Waals surface area contributed by atoms with Gasteiger partial charge < -0.3 is 15.8 Å². The third-order valence-corrected chi connectivity index (χ3v) is 3.62. The largest absolute Gasteiger partial charge is 0.463 e. The van der Waals surface area contributed by atoms with Crippen molar-refractivity contribution in [1.82, 2.24) is 5.32 Å². The second-order valence-electron chi connectivity index (χ2n) is 4.79. The molecule has 1 amide bonds. The minimum atomic E-state index is -5.92. The maximum Gasteiger partial charge on any atom is 0.463 e. The number of nitrogens with two attached hydrogens (primary N) is 1. The third kappa shape index (κ3) is 2.29. The number of carbonyl (C=O) groups excluding carboxylic acids is 1. The highest BCUT2D eigenvalue weighted by molar-refractivity contribution is 5.84. The fourth-order valence-corrected chi connectivity index (χ4v) is 2.50. The van der Waals surface area contributed by atoms with Gasteiger partial charge in [-0.1, -0.05) is 0 Å². The van der Waals surface area contributed by atoms with E-state index in [-0.39, 0.29) is 5.92 Å². The molecule has 110 valence electrons. The van der Waals surface area contributed by atoms with E-state index in [2.05, 4.69) is 0 Å². The number of carbonyl (C=O) groups is 1. The summed E-state index contributed by atoms with van der Waals surface area (Å²) in [6.45, 7) is 0.385. The number of halogens is 5. The van der Waals surface area contributed by atoms with Crippen LogP contribution in [-0.4, -0.2) is 42.8 Å². The van der Waals surface area contributed by atoms with Gasteiger partial charge in [0, 0.05) is 18.6 Å². The fraction of sp³-hybridized carbons (Fsp3) is 0.900. The molecule has 4 unspecified atom stereocenters. The van der Waals surface area contributed by atoms with E-state index in [1.807, 2.05) is 0 Å². The van der Waals surface area contributed by atoms with Crippen LogP contribution in [0.3, 0.4) is 0 Å². The standard InChI is InChI=1S/C10H13F5N2O2/c11-9(12,10(13,14)15)8(18)17-6-5(16)4-2-1-3-19-7(4)6/h4-7H,1-3,16H2,(H,17,18). The molecular formula is C10H13F5N2O2. The highest BCUT2D eigenvalue weighted by Crippen LogP contribution is 2.39. The van der Waals surface area contributed by atoms with Crippen LogP contribution in [0, 0.1) is 5.92 Å². The molecule has 1 aliphatic heterocycles. The van der Waals surface area contributed by atoms with E-state index in [1.54, 1.807) is 5.32 Å². The van der Waals surface area contributed by atoms with E-state index in [9.17, 15) is 26.7 Å². The first-order chi connectivity index (χ1) is 8.66. The van der Waals surface area contributed by atoms with Crippen LogP contribution in [0.1, 0.15) is 12.8 Å². The zero-order chi connectivity index (χ0) is 14.4. The maximum absolute atomic E-state index is 12.8. The number of fused-ring (bicyclic) bond motifs is 1. The van der Waals surface area contributed by atoms with E-state index >= 15 is 0 Å². The molecule has 19 heavy (non-hydrogen) atoms. The predicted molar refractivity (Wildman–Crippen MR) is 53.4 cm³/mol. The van der Waals surface area contributed by atoms with Crippen LogP contribution < -0.4 is 11.1 Å². The number of hydrogen-bond acceptors (Lipinski definition) is 3. The van der Waals surface area contributed by atoms with Crippen LogP contribution in [0.2, 0.25) is 0 Å². The molecule has 0 bridgehead atoms. The van der Waals surface area contributed by atoms with Gasteiger partial charge in [-0.2, -0.15) is 22.0 Å². The Labute approximate surface area is 105 Å². The number of hydrogen-bond donors (Lipinski definition) is 2. The third-order valence-electron chi connectivity index (χ3n) is 3.62. The minimum absolute atomic E-state index is 0.0986. The van der Waals surface area contributed by atoms with Gasteiger partial charge >= 0.3 is 18.0 Å². The summed E-state index contributed by atoms with van der Waals surface area (Å²) < 4.78 is 66.8.